The first-order chi connectivity index (χ1) is 11.4. The van der Waals surface area contributed by atoms with Crippen LogP contribution < -0.4 is 0 Å². The standard InChI is InChI=1S/C21H22O3/c1-14-11-15(2)19(16(3)12-14)18(22)13-24-20(23)21(9-10-21)17-7-5-4-6-8-17/h4-8,11-12H,9-10,13H2,1-3H3. The number of hydrogen-bond acceptors (Lipinski definition) is 3. The van der Waals surface area contributed by atoms with Gasteiger partial charge in [0.25, 0.3) is 0 Å². The third-order valence-electron chi connectivity index (χ3n) is 4.76. The highest BCUT2D eigenvalue weighted by Crippen LogP contribution is 2.49. The summed E-state index contributed by atoms with van der Waals surface area (Å²) in [6.45, 7) is 5.64. The SMILES string of the molecule is Cc1cc(C)c(C(=O)COC(=O)C2(c3ccccc3)CC2)c(C)c1. The van der Waals surface area contributed by atoms with Crippen molar-refractivity contribution in [2.45, 2.75) is 39.0 Å². The van der Waals surface area contributed by atoms with Crippen LogP contribution in [-0.2, 0) is 14.9 Å². The molecule has 0 spiro atoms. The second-order valence-electron chi connectivity index (χ2n) is 6.72. The summed E-state index contributed by atoms with van der Waals surface area (Å²) < 4.78 is 5.39. The van der Waals surface area contributed by atoms with Crippen LogP contribution in [0.1, 0.15) is 45.5 Å². The van der Waals surface area contributed by atoms with E-state index < -0.39 is 5.41 Å². The molecule has 0 aromatic heterocycles. The first-order valence-electron chi connectivity index (χ1n) is 8.28. The van der Waals surface area contributed by atoms with Crippen molar-refractivity contribution in [2.75, 3.05) is 6.61 Å². The van der Waals surface area contributed by atoms with Gasteiger partial charge in [-0.25, -0.2) is 0 Å². The number of esters is 1. The maximum Gasteiger partial charge on any atom is 0.317 e. The molecule has 24 heavy (non-hydrogen) atoms. The van der Waals surface area contributed by atoms with E-state index in [9.17, 15) is 9.59 Å². The van der Waals surface area contributed by atoms with Crippen LogP contribution in [0.3, 0.4) is 0 Å². The summed E-state index contributed by atoms with van der Waals surface area (Å²) in [5, 5.41) is 0. The van der Waals surface area contributed by atoms with Crippen molar-refractivity contribution in [2.24, 2.45) is 0 Å². The third-order valence-corrected chi connectivity index (χ3v) is 4.76. The fraction of sp³-hybridized carbons (Fsp3) is 0.333. The van der Waals surface area contributed by atoms with Gasteiger partial charge in [0.1, 0.15) is 0 Å². The summed E-state index contributed by atoms with van der Waals surface area (Å²) in [4.78, 5) is 25.0. The number of aryl methyl sites for hydroxylation is 3. The second-order valence-corrected chi connectivity index (χ2v) is 6.72. The lowest BCUT2D eigenvalue weighted by Gasteiger charge is -2.15. The minimum atomic E-state index is -0.543. The molecule has 0 bridgehead atoms. The molecule has 1 fully saturated rings. The summed E-state index contributed by atoms with van der Waals surface area (Å²) in [6.07, 6.45) is 1.57. The van der Waals surface area contributed by atoms with Gasteiger partial charge in [0.15, 0.2) is 6.61 Å². The van der Waals surface area contributed by atoms with Crippen molar-refractivity contribution < 1.29 is 14.3 Å². The zero-order chi connectivity index (χ0) is 17.3. The van der Waals surface area contributed by atoms with Gasteiger partial charge in [-0.15, -0.1) is 0 Å². The van der Waals surface area contributed by atoms with E-state index in [0.717, 1.165) is 35.1 Å². The predicted octanol–water partition coefficient (Wildman–Crippen LogP) is 4.07. The summed E-state index contributed by atoms with van der Waals surface area (Å²) in [6, 6.07) is 13.6. The first kappa shape index (κ1) is 16.4. The Kier molecular flexibility index (Phi) is 4.27. The molecule has 1 aliphatic rings. The Morgan fingerprint density at radius 2 is 1.58 bits per heavy atom. The second kappa shape index (κ2) is 6.23. The molecule has 0 unspecified atom stereocenters. The van der Waals surface area contributed by atoms with Crippen molar-refractivity contribution in [1.29, 1.82) is 0 Å². The predicted molar refractivity (Wildman–Crippen MR) is 93.3 cm³/mol. The molecule has 124 valence electrons. The average Bonchev–Trinajstić information content (AvgIpc) is 3.34. The van der Waals surface area contributed by atoms with Crippen LogP contribution in [0.4, 0.5) is 0 Å². The van der Waals surface area contributed by atoms with Gasteiger partial charge in [-0.3, -0.25) is 9.59 Å². The maximum absolute atomic E-state index is 12.5. The summed E-state index contributed by atoms with van der Waals surface area (Å²) in [7, 11) is 0. The monoisotopic (exact) mass is 322 g/mol. The van der Waals surface area contributed by atoms with E-state index in [0.29, 0.717) is 5.56 Å². The summed E-state index contributed by atoms with van der Waals surface area (Å²) >= 11 is 0. The smallest absolute Gasteiger partial charge is 0.317 e. The van der Waals surface area contributed by atoms with E-state index in [4.69, 9.17) is 4.74 Å². The van der Waals surface area contributed by atoms with Crippen molar-refractivity contribution in [3.05, 3.63) is 70.3 Å². The zero-order valence-electron chi connectivity index (χ0n) is 14.4. The number of carbonyl (C=O) groups excluding carboxylic acids is 2. The van der Waals surface area contributed by atoms with E-state index in [1.54, 1.807) is 0 Å². The summed E-state index contributed by atoms with van der Waals surface area (Å²) in [5.41, 5.74) is 4.08. The molecule has 2 aromatic rings. The van der Waals surface area contributed by atoms with E-state index >= 15 is 0 Å². The lowest BCUT2D eigenvalue weighted by atomic mass is 9.96. The number of ether oxygens (including phenoxy) is 1. The Hall–Kier alpha value is -2.42. The van der Waals surface area contributed by atoms with Gasteiger partial charge < -0.3 is 4.74 Å². The Labute approximate surface area is 142 Å². The van der Waals surface area contributed by atoms with Gasteiger partial charge in [0.2, 0.25) is 5.78 Å². The number of carbonyl (C=O) groups is 2. The van der Waals surface area contributed by atoms with Crippen LogP contribution in [0.2, 0.25) is 0 Å². The lowest BCUT2D eigenvalue weighted by Crippen LogP contribution is -2.26. The first-order valence-corrected chi connectivity index (χ1v) is 8.28. The molecule has 1 aliphatic carbocycles. The largest absolute Gasteiger partial charge is 0.457 e. The van der Waals surface area contributed by atoms with Gasteiger partial charge in [-0.2, -0.15) is 0 Å². The Bertz CT molecular complexity index is 763. The van der Waals surface area contributed by atoms with E-state index in [1.165, 1.54) is 0 Å². The minimum absolute atomic E-state index is 0.137. The lowest BCUT2D eigenvalue weighted by molar-refractivity contribution is -0.145. The maximum atomic E-state index is 12.5. The van der Waals surface area contributed by atoms with Crippen molar-refractivity contribution >= 4 is 11.8 Å². The number of ketones is 1. The summed E-state index contributed by atoms with van der Waals surface area (Å²) in [5.74, 6) is -0.424. The normalized spacial score (nSPS) is 15.0. The van der Waals surface area contributed by atoms with E-state index in [-0.39, 0.29) is 18.4 Å². The van der Waals surface area contributed by atoms with Gasteiger partial charge in [0, 0.05) is 5.56 Å². The van der Waals surface area contributed by atoms with Crippen molar-refractivity contribution in [3.63, 3.8) is 0 Å². The molecule has 0 atom stereocenters. The molecule has 3 heteroatoms. The highest BCUT2D eigenvalue weighted by atomic mass is 16.5. The van der Waals surface area contributed by atoms with Crippen LogP contribution in [0.5, 0.6) is 0 Å². The Morgan fingerprint density at radius 3 is 2.12 bits per heavy atom. The van der Waals surface area contributed by atoms with Gasteiger partial charge in [-0.05, 0) is 50.3 Å². The molecule has 1 saturated carbocycles. The quantitative estimate of drug-likeness (QED) is 0.615. The van der Waals surface area contributed by atoms with Gasteiger partial charge >= 0.3 is 5.97 Å². The molecule has 0 saturated heterocycles. The molecule has 0 N–H and O–H groups in total. The topological polar surface area (TPSA) is 43.4 Å². The Morgan fingerprint density at radius 1 is 1.00 bits per heavy atom. The van der Waals surface area contributed by atoms with Gasteiger partial charge in [0.05, 0.1) is 5.41 Å². The van der Waals surface area contributed by atoms with Crippen LogP contribution in [0.15, 0.2) is 42.5 Å². The van der Waals surface area contributed by atoms with Crippen molar-refractivity contribution in [3.8, 4) is 0 Å². The molecule has 0 amide bonds. The van der Waals surface area contributed by atoms with Crippen molar-refractivity contribution in [1.82, 2.24) is 0 Å². The number of hydrogen-bond donors (Lipinski definition) is 0. The zero-order valence-corrected chi connectivity index (χ0v) is 14.4. The van der Waals surface area contributed by atoms with E-state index in [1.807, 2.05) is 63.2 Å². The molecule has 0 aliphatic heterocycles. The van der Waals surface area contributed by atoms with Crippen LogP contribution in [-0.4, -0.2) is 18.4 Å². The molecule has 3 rings (SSSR count). The third kappa shape index (κ3) is 2.99. The number of benzene rings is 2. The number of Topliss-reactive ketones (excluding diaryl/α,β-unsaturated/α-hetero) is 1. The van der Waals surface area contributed by atoms with Crippen LogP contribution >= 0.6 is 0 Å². The molecule has 2 aromatic carbocycles. The van der Waals surface area contributed by atoms with Crippen LogP contribution in [0.25, 0.3) is 0 Å². The highest BCUT2D eigenvalue weighted by Gasteiger charge is 2.52. The van der Waals surface area contributed by atoms with Crippen LogP contribution in [0, 0.1) is 20.8 Å². The fourth-order valence-electron chi connectivity index (χ4n) is 3.45. The van der Waals surface area contributed by atoms with E-state index in [2.05, 4.69) is 0 Å². The molecule has 3 nitrogen and oxygen atoms in total. The number of rotatable bonds is 5. The highest BCUT2D eigenvalue weighted by molar-refractivity contribution is 6.01. The molecular weight excluding hydrogens is 300 g/mol. The minimum Gasteiger partial charge on any atom is -0.457 e. The van der Waals surface area contributed by atoms with Gasteiger partial charge in [-0.1, -0.05) is 48.0 Å². The molecule has 0 radical (unpaired) electrons. The fourth-order valence-corrected chi connectivity index (χ4v) is 3.45. The average molecular weight is 322 g/mol. The molecule has 0 heterocycles. The molecular formula is C21H22O3. The Balaban J connectivity index is 1.70.